The zero-order valence-corrected chi connectivity index (χ0v) is 8.37. The summed E-state index contributed by atoms with van der Waals surface area (Å²) in [6, 6.07) is 4.76. The molecule has 0 fully saturated rings. The van der Waals surface area contributed by atoms with E-state index in [1.54, 1.807) is 17.0 Å². The highest BCUT2D eigenvalue weighted by atomic mass is 19.1. The number of hydrogen-bond acceptors (Lipinski definition) is 2. The maximum absolute atomic E-state index is 13.5. The van der Waals surface area contributed by atoms with Crippen LogP contribution < -0.4 is 5.73 Å². The number of hydrogen-bond donors (Lipinski definition) is 1. The first-order valence-corrected chi connectivity index (χ1v) is 5.00. The van der Waals surface area contributed by atoms with Crippen molar-refractivity contribution in [3.8, 4) is 0 Å². The first-order chi connectivity index (χ1) is 7.24. The molecule has 1 aliphatic heterocycles. The molecule has 4 heteroatoms. The molecule has 1 aromatic rings. The molecule has 0 unspecified atom stereocenters. The van der Waals surface area contributed by atoms with Gasteiger partial charge in [0.2, 0.25) is 0 Å². The monoisotopic (exact) mass is 208 g/mol. The van der Waals surface area contributed by atoms with Gasteiger partial charge in [-0.05, 0) is 18.1 Å². The topological polar surface area (TPSA) is 46.3 Å². The standard InChI is InChI=1S/C11H13FN2O/c12-9-3-1-2-8-4-6-14(7-5-13)11(15)10(8)9/h1-3H,4-7,13H2. The van der Waals surface area contributed by atoms with E-state index in [0.717, 1.165) is 5.56 Å². The quantitative estimate of drug-likeness (QED) is 0.780. The smallest absolute Gasteiger partial charge is 0.257 e. The van der Waals surface area contributed by atoms with Crippen LogP contribution in [0.3, 0.4) is 0 Å². The summed E-state index contributed by atoms with van der Waals surface area (Å²) in [7, 11) is 0. The zero-order chi connectivity index (χ0) is 10.8. The highest BCUT2D eigenvalue weighted by Crippen LogP contribution is 2.21. The minimum Gasteiger partial charge on any atom is -0.337 e. The lowest BCUT2D eigenvalue weighted by Crippen LogP contribution is -2.41. The van der Waals surface area contributed by atoms with Gasteiger partial charge in [-0.15, -0.1) is 0 Å². The highest BCUT2D eigenvalue weighted by Gasteiger charge is 2.26. The third kappa shape index (κ3) is 1.72. The summed E-state index contributed by atoms with van der Waals surface area (Å²) in [6.07, 6.45) is 0.707. The van der Waals surface area contributed by atoms with Crippen LogP contribution in [0.2, 0.25) is 0 Å². The molecule has 2 N–H and O–H groups in total. The molecule has 0 aliphatic carbocycles. The van der Waals surface area contributed by atoms with Crippen LogP contribution in [0.15, 0.2) is 18.2 Å². The lowest BCUT2D eigenvalue weighted by molar-refractivity contribution is 0.0739. The minimum atomic E-state index is -0.431. The van der Waals surface area contributed by atoms with E-state index >= 15 is 0 Å². The third-order valence-corrected chi connectivity index (χ3v) is 2.65. The van der Waals surface area contributed by atoms with Crippen LogP contribution in [-0.2, 0) is 6.42 Å². The van der Waals surface area contributed by atoms with Gasteiger partial charge in [-0.2, -0.15) is 0 Å². The largest absolute Gasteiger partial charge is 0.337 e. The van der Waals surface area contributed by atoms with Crippen molar-refractivity contribution in [2.45, 2.75) is 6.42 Å². The average molecular weight is 208 g/mol. The van der Waals surface area contributed by atoms with Crippen LogP contribution in [0.5, 0.6) is 0 Å². The Bertz CT molecular complexity index is 392. The van der Waals surface area contributed by atoms with Gasteiger partial charge in [0.05, 0.1) is 5.56 Å². The van der Waals surface area contributed by atoms with Crippen molar-refractivity contribution < 1.29 is 9.18 Å². The van der Waals surface area contributed by atoms with E-state index in [0.29, 0.717) is 26.1 Å². The van der Waals surface area contributed by atoms with Crippen molar-refractivity contribution in [3.05, 3.63) is 35.1 Å². The number of carbonyl (C=O) groups excluding carboxylic acids is 1. The molecule has 15 heavy (non-hydrogen) atoms. The van der Waals surface area contributed by atoms with Gasteiger partial charge in [-0.25, -0.2) is 4.39 Å². The molecular weight excluding hydrogens is 195 g/mol. The summed E-state index contributed by atoms with van der Waals surface area (Å²) < 4.78 is 13.5. The van der Waals surface area contributed by atoms with E-state index < -0.39 is 5.82 Å². The molecule has 0 aromatic heterocycles. The average Bonchev–Trinajstić information content (AvgIpc) is 2.22. The SMILES string of the molecule is NCCN1CCc2cccc(F)c2C1=O. The summed E-state index contributed by atoms with van der Waals surface area (Å²) in [5.41, 5.74) is 6.41. The predicted molar refractivity (Wildman–Crippen MR) is 55.1 cm³/mol. The Balaban J connectivity index is 2.36. The van der Waals surface area contributed by atoms with Crippen LogP contribution in [0.25, 0.3) is 0 Å². The van der Waals surface area contributed by atoms with Crippen molar-refractivity contribution in [1.29, 1.82) is 0 Å². The van der Waals surface area contributed by atoms with Gasteiger partial charge in [0.15, 0.2) is 0 Å². The van der Waals surface area contributed by atoms with Crippen molar-refractivity contribution in [2.24, 2.45) is 5.73 Å². The Kier molecular flexibility index (Phi) is 2.68. The van der Waals surface area contributed by atoms with Gasteiger partial charge in [0.25, 0.3) is 5.91 Å². The minimum absolute atomic E-state index is 0.220. The molecule has 0 saturated carbocycles. The Labute approximate surface area is 87.7 Å². The number of nitrogens with zero attached hydrogens (tertiary/aromatic N) is 1. The van der Waals surface area contributed by atoms with Crippen LogP contribution in [-0.4, -0.2) is 30.4 Å². The number of fused-ring (bicyclic) bond motifs is 1. The van der Waals surface area contributed by atoms with E-state index in [1.807, 2.05) is 0 Å². The van der Waals surface area contributed by atoms with Gasteiger partial charge >= 0.3 is 0 Å². The zero-order valence-electron chi connectivity index (χ0n) is 8.37. The molecule has 1 aromatic carbocycles. The van der Waals surface area contributed by atoms with Crippen molar-refractivity contribution in [2.75, 3.05) is 19.6 Å². The maximum atomic E-state index is 13.5. The Morgan fingerprint density at radius 1 is 1.47 bits per heavy atom. The number of amides is 1. The van der Waals surface area contributed by atoms with Crippen LogP contribution >= 0.6 is 0 Å². The van der Waals surface area contributed by atoms with Crippen LogP contribution in [0, 0.1) is 5.82 Å². The summed E-state index contributed by atoms with van der Waals surface area (Å²) in [4.78, 5) is 13.5. The van der Waals surface area contributed by atoms with E-state index in [2.05, 4.69) is 0 Å². The second-order valence-corrected chi connectivity index (χ2v) is 3.60. The fourth-order valence-electron chi connectivity index (χ4n) is 1.90. The summed E-state index contributed by atoms with van der Waals surface area (Å²) in [5, 5.41) is 0. The second-order valence-electron chi connectivity index (χ2n) is 3.60. The van der Waals surface area contributed by atoms with Crippen molar-refractivity contribution in [1.82, 2.24) is 4.90 Å². The molecule has 1 amide bonds. The van der Waals surface area contributed by atoms with Gasteiger partial charge in [0, 0.05) is 19.6 Å². The fraction of sp³-hybridized carbons (Fsp3) is 0.364. The molecule has 1 heterocycles. The highest BCUT2D eigenvalue weighted by molar-refractivity contribution is 5.97. The normalized spacial score (nSPS) is 15.3. The first-order valence-electron chi connectivity index (χ1n) is 5.00. The molecule has 0 radical (unpaired) electrons. The van der Waals surface area contributed by atoms with Crippen LogP contribution in [0.4, 0.5) is 4.39 Å². The number of halogens is 1. The van der Waals surface area contributed by atoms with Gasteiger partial charge in [0.1, 0.15) is 5.82 Å². The number of rotatable bonds is 2. The lowest BCUT2D eigenvalue weighted by atomic mass is 9.98. The number of carbonyl (C=O) groups is 1. The van der Waals surface area contributed by atoms with E-state index in [1.165, 1.54) is 6.07 Å². The summed E-state index contributed by atoms with van der Waals surface area (Å²) in [6.45, 7) is 1.54. The molecule has 0 saturated heterocycles. The molecular formula is C11H13FN2O. The third-order valence-electron chi connectivity index (χ3n) is 2.65. The number of benzene rings is 1. The molecule has 2 rings (SSSR count). The molecule has 0 atom stereocenters. The molecule has 80 valence electrons. The van der Waals surface area contributed by atoms with Gasteiger partial charge < -0.3 is 10.6 Å². The second kappa shape index (κ2) is 3.98. The molecule has 0 bridgehead atoms. The van der Waals surface area contributed by atoms with Gasteiger partial charge in [-0.1, -0.05) is 12.1 Å². The first kappa shape index (κ1) is 10.1. The Hall–Kier alpha value is -1.42. The predicted octanol–water partition coefficient (Wildman–Crippen LogP) is 0.783. The number of nitrogens with two attached hydrogens (primary N) is 1. The van der Waals surface area contributed by atoms with E-state index in [-0.39, 0.29) is 11.5 Å². The maximum Gasteiger partial charge on any atom is 0.257 e. The molecule has 0 spiro atoms. The Morgan fingerprint density at radius 3 is 3.00 bits per heavy atom. The van der Waals surface area contributed by atoms with Crippen molar-refractivity contribution >= 4 is 5.91 Å². The van der Waals surface area contributed by atoms with E-state index in [4.69, 9.17) is 5.73 Å². The lowest BCUT2D eigenvalue weighted by Gasteiger charge is -2.28. The Morgan fingerprint density at radius 2 is 2.27 bits per heavy atom. The van der Waals surface area contributed by atoms with Crippen LogP contribution in [0.1, 0.15) is 15.9 Å². The van der Waals surface area contributed by atoms with Gasteiger partial charge in [-0.3, -0.25) is 4.79 Å². The fourth-order valence-corrected chi connectivity index (χ4v) is 1.90. The molecule has 1 aliphatic rings. The summed E-state index contributed by atoms with van der Waals surface area (Å²) in [5.74, 6) is -0.668. The summed E-state index contributed by atoms with van der Waals surface area (Å²) >= 11 is 0. The molecule has 3 nitrogen and oxygen atoms in total. The van der Waals surface area contributed by atoms with Crippen molar-refractivity contribution in [3.63, 3.8) is 0 Å². The van der Waals surface area contributed by atoms with E-state index in [9.17, 15) is 9.18 Å².